The lowest BCUT2D eigenvalue weighted by Crippen LogP contribution is -1.66. The van der Waals surface area contributed by atoms with Gasteiger partial charge in [-0.2, -0.15) is 0 Å². The van der Waals surface area contributed by atoms with Crippen LogP contribution in [0, 0.1) is 6.14 Å². The predicted octanol–water partition coefficient (Wildman–Crippen LogP) is 6.48. The second-order valence-electron chi connectivity index (χ2n) is 3.50. The van der Waals surface area contributed by atoms with Gasteiger partial charge in [0.25, 0.3) is 0 Å². The lowest BCUT2D eigenvalue weighted by atomic mass is 10.3. The number of hydrogen-bond acceptors (Lipinski definition) is 3. The first-order chi connectivity index (χ1) is 8.22. The average Bonchev–Trinajstić information content (AvgIpc) is 2.96. The van der Waals surface area contributed by atoms with E-state index in [1.807, 2.05) is 34.4 Å². The maximum absolute atomic E-state index is 2.43. The normalized spacial score (nSPS) is 16.5. The molecule has 17 heavy (non-hydrogen) atoms. The van der Waals surface area contributed by atoms with Gasteiger partial charge in [0.1, 0.15) is 0 Å². The molecule has 1 aliphatic rings. The van der Waals surface area contributed by atoms with Gasteiger partial charge in [-0.25, -0.2) is 0 Å². The number of allylic oxidation sites excluding steroid dienone is 1. The molecule has 2 aromatic rings. The monoisotopic (exact) mass is 501 g/mol. The summed E-state index contributed by atoms with van der Waals surface area (Å²) >= 11 is 10.5. The summed E-state index contributed by atoms with van der Waals surface area (Å²) in [6.45, 7) is 0. The Bertz CT molecular complexity index is 568. The van der Waals surface area contributed by atoms with Crippen molar-refractivity contribution in [1.82, 2.24) is 0 Å². The van der Waals surface area contributed by atoms with Crippen LogP contribution in [-0.2, 0) is 0 Å². The van der Waals surface area contributed by atoms with Crippen LogP contribution in [-0.4, -0.2) is 0 Å². The Labute approximate surface area is 140 Å². The smallest absolute Gasteiger partial charge is 0.0997 e. The predicted molar refractivity (Wildman–Crippen MR) is 97.8 cm³/mol. The Morgan fingerprint density at radius 1 is 0.882 bits per heavy atom. The Morgan fingerprint density at radius 2 is 1.59 bits per heavy atom. The molecule has 0 amide bonds. The maximum Gasteiger partial charge on any atom is 0.0997 e. The van der Waals surface area contributed by atoms with Crippen LogP contribution in [0.5, 0.6) is 0 Å². The lowest BCUT2D eigenvalue weighted by Gasteiger charge is -1.97. The van der Waals surface area contributed by atoms with Gasteiger partial charge in [0.2, 0.25) is 0 Å². The van der Waals surface area contributed by atoms with E-state index in [0.29, 0.717) is 0 Å². The molecule has 0 fully saturated rings. The Morgan fingerprint density at radius 3 is 2.24 bits per heavy atom. The Balaban J connectivity index is 1.88. The van der Waals surface area contributed by atoms with Gasteiger partial charge >= 0.3 is 0 Å². The van der Waals surface area contributed by atoms with Crippen molar-refractivity contribution >= 4 is 84.5 Å². The zero-order chi connectivity index (χ0) is 11.8. The molecule has 0 unspecified atom stereocenters. The third-order valence-electron chi connectivity index (χ3n) is 2.33. The van der Waals surface area contributed by atoms with Crippen LogP contribution in [0.25, 0.3) is 14.7 Å². The van der Waals surface area contributed by atoms with Crippen molar-refractivity contribution in [3.63, 3.8) is 0 Å². The zero-order valence-corrected chi connectivity index (χ0v) is 15.3. The van der Waals surface area contributed by atoms with Crippen LogP contribution < -0.4 is 0 Å². The third-order valence-corrected chi connectivity index (χ3v) is 7.77. The van der Waals surface area contributed by atoms with Crippen LogP contribution in [0.3, 0.4) is 0 Å². The first-order valence-electron chi connectivity index (χ1n) is 4.97. The summed E-state index contributed by atoms with van der Waals surface area (Å²) in [4.78, 5) is 5.60. The van der Waals surface area contributed by atoms with E-state index < -0.39 is 0 Å². The van der Waals surface area contributed by atoms with E-state index in [1.54, 1.807) is 0 Å². The minimum absolute atomic E-state index is 1.12. The van der Waals surface area contributed by atoms with Crippen LogP contribution in [0.4, 0.5) is 0 Å². The number of rotatable bonds is 2. The molecule has 3 heterocycles. The van der Waals surface area contributed by atoms with Gasteiger partial charge in [-0.15, -0.1) is 34.4 Å². The second kappa shape index (κ2) is 5.52. The number of hydrogen-bond donors (Lipinski definition) is 0. The summed E-state index contributed by atoms with van der Waals surface area (Å²) in [5.41, 5.74) is 0. The van der Waals surface area contributed by atoms with Gasteiger partial charge < -0.3 is 0 Å². The van der Waals surface area contributed by atoms with Crippen molar-refractivity contribution in [3.05, 3.63) is 41.4 Å². The molecule has 87 valence electrons. The summed E-state index contributed by atoms with van der Waals surface area (Å²) in [7, 11) is 0. The van der Waals surface area contributed by atoms with Crippen LogP contribution in [0.1, 0.15) is 11.3 Å². The average molecular weight is 501 g/mol. The number of halogens is 2. The molecule has 3 rings (SSSR count). The van der Waals surface area contributed by atoms with Crippen LogP contribution >= 0.6 is 79.6 Å². The fraction of sp³-hybridized carbons (Fsp3) is 0.0833. The van der Waals surface area contributed by atoms with E-state index in [2.05, 4.69) is 75.5 Å². The summed E-state index contributed by atoms with van der Waals surface area (Å²) in [5.74, 6) is 0. The highest BCUT2D eigenvalue weighted by atomic mass is 127. The molecule has 0 bridgehead atoms. The van der Waals surface area contributed by atoms with Crippen molar-refractivity contribution in [3.8, 4) is 9.75 Å². The Hall–Kier alpha value is 0.950. The highest BCUT2D eigenvalue weighted by molar-refractivity contribution is 14.1. The van der Waals surface area contributed by atoms with Crippen molar-refractivity contribution < 1.29 is 0 Å². The van der Waals surface area contributed by atoms with Crippen LogP contribution in [0.2, 0.25) is 0 Å². The standard InChI is InChI=1S/C12H7I2S3/c13-11-5-3-9(16-11)7-1-2-8(15-7)10-4-6-12(14)17-10/h1-5H,6H2. The molecule has 0 saturated heterocycles. The molecular formula is C12H7I2S3. The summed E-state index contributed by atoms with van der Waals surface area (Å²) < 4.78 is 2.82. The molecule has 0 atom stereocenters. The summed E-state index contributed by atoms with van der Waals surface area (Å²) in [5, 5.41) is 0. The van der Waals surface area contributed by atoms with E-state index in [1.165, 1.54) is 25.7 Å². The highest BCUT2D eigenvalue weighted by Crippen LogP contribution is 2.50. The molecule has 2 aromatic heterocycles. The van der Waals surface area contributed by atoms with Crippen molar-refractivity contribution in [2.45, 2.75) is 6.42 Å². The SMILES string of the molecule is I[C]1CC=C(c2ccc(-c3ccc(I)s3)s2)S1. The first kappa shape index (κ1) is 13.0. The van der Waals surface area contributed by atoms with E-state index in [-0.39, 0.29) is 0 Å². The largest absolute Gasteiger partial charge is 0.134 e. The van der Waals surface area contributed by atoms with Crippen LogP contribution in [0.15, 0.2) is 30.3 Å². The molecule has 1 radical (unpaired) electrons. The van der Waals surface area contributed by atoms with E-state index in [0.717, 1.165) is 6.42 Å². The topological polar surface area (TPSA) is 0 Å². The zero-order valence-electron chi connectivity index (χ0n) is 8.57. The lowest BCUT2D eigenvalue weighted by molar-refractivity contribution is 1.39. The minimum Gasteiger partial charge on any atom is -0.134 e. The van der Waals surface area contributed by atoms with E-state index in [4.69, 9.17) is 0 Å². The van der Waals surface area contributed by atoms with E-state index in [9.17, 15) is 0 Å². The van der Waals surface area contributed by atoms with E-state index >= 15 is 0 Å². The number of thiophene rings is 2. The summed E-state index contributed by atoms with van der Waals surface area (Å²) in [6.07, 6.45) is 3.45. The van der Waals surface area contributed by atoms with Crippen molar-refractivity contribution in [2.24, 2.45) is 0 Å². The maximum atomic E-state index is 2.43. The van der Waals surface area contributed by atoms with Gasteiger partial charge in [-0.05, 0) is 53.3 Å². The summed E-state index contributed by atoms with van der Waals surface area (Å²) in [6, 6.07) is 8.89. The van der Waals surface area contributed by atoms with Gasteiger partial charge in [0.05, 0.1) is 6.14 Å². The van der Waals surface area contributed by atoms with Gasteiger partial charge in [-0.3, -0.25) is 0 Å². The number of thioether (sulfide) groups is 1. The molecule has 0 aromatic carbocycles. The molecule has 0 aliphatic carbocycles. The molecule has 0 spiro atoms. The molecule has 0 saturated carbocycles. The second-order valence-corrected chi connectivity index (χ2v) is 10.7. The molecular weight excluding hydrogens is 494 g/mol. The Kier molecular flexibility index (Phi) is 4.21. The highest BCUT2D eigenvalue weighted by Gasteiger charge is 2.18. The van der Waals surface area contributed by atoms with Crippen molar-refractivity contribution in [1.29, 1.82) is 0 Å². The fourth-order valence-electron chi connectivity index (χ4n) is 1.58. The third kappa shape index (κ3) is 2.93. The minimum atomic E-state index is 1.12. The molecule has 1 aliphatic heterocycles. The first-order valence-corrected chi connectivity index (χ1v) is 9.58. The molecule has 5 heteroatoms. The van der Waals surface area contributed by atoms with Gasteiger partial charge in [0.15, 0.2) is 0 Å². The van der Waals surface area contributed by atoms with Gasteiger partial charge in [0, 0.05) is 19.5 Å². The van der Waals surface area contributed by atoms with Gasteiger partial charge in [-0.1, -0.05) is 28.7 Å². The molecule has 0 N–H and O–H groups in total. The fourth-order valence-corrected chi connectivity index (χ4v) is 6.15. The quantitative estimate of drug-likeness (QED) is 0.425. The molecule has 0 nitrogen and oxygen atoms in total. The van der Waals surface area contributed by atoms with Crippen molar-refractivity contribution in [2.75, 3.05) is 0 Å².